The van der Waals surface area contributed by atoms with Gasteiger partial charge in [-0.25, -0.2) is 4.98 Å². The molecule has 2 nitrogen and oxygen atoms in total. The Morgan fingerprint density at radius 3 is 2.67 bits per heavy atom. The highest BCUT2D eigenvalue weighted by atomic mass is 35.5. The highest BCUT2D eigenvalue weighted by Gasteiger charge is 2.38. The molecule has 1 unspecified atom stereocenters. The van der Waals surface area contributed by atoms with E-state index in [1.807, 2.05) is 0 Å². The largest absolute Gasteiger partial charge is 0.465 e. The maximum Gasteiger partial charge on any atom is 0.425 e. The van der Waals surface area contributed by atoms with E-state index in [0.717, 1.165) is 6.92 Å². The van der Waals surface area contributed by atoms with Gasteiger partial charge >= 0.3 is 6.18 Å². The van der Waals surface area contributed by atoms with Crippen molar-refractivity contribution in [2.45, 2.75) is 25.1 Å². The van der Waals surface area contributed by atoms with Crippen molar-refractivity contribution in [2.24, 2.45) is 0 Å². The number of hydrogen-bond donors (Lipinski definition) is 0. The Morgan fingerprint density at radius 1 is 1.47 bits per heavy atom. The number of rotatable bonds is 3. The first-order chi connectivity index (χ1) is 6.93. The highest BCUT2D eigenvalue weighted by Crippen LogP contribution is 2.23. The minimum atomic E-state index is -4.39. The molecule has 0 aliphatic heterocycles. The molecule has 1 heterocycles. The van der Waals surface area contributed by atoms with Crippen LogP contribution < -0.4 is 4.74 Å². The molecule has 1 atom stereocenters. The lowest BCUT2D eigenvalue weighted by Gasteiger charge is -2.16. The molecule has 0 aromatic carbocycles. The summed E-state index contributed by atoms with van der Waals surface area (Å²) in [6.45, 7) is 0.926. The van der Waals surface area contributed by atoms with Gasteiger partial charge in [0, 0.05) is 6.07 Å². The number of halogens is 4. The Hall–Kier alpha value is -0.970. The molecule has 15 heavy (non-hydrogen) atoms. The van der Waals surface area contributed by atoms with Crippen molar-refractivity contribution < 1.29 is 17.9 Å². The van der Waals surface area contributed by atoms with E-state index in [4.69, 9.17) is 11.6 Å². The van der Waals surface area contributed by atoms with Crippen molar-refractivity contribution in [3.63, 3.8) is 0 Å². The number of pyridine rings is 1. The Morgan fingerprint density at radius 2 is 2.13 bits per heavy atom. The molecule has 1 aromatic heterocycles. The van der Waals surface area contributed by atoms with Gasteiger partial charge in [-0.15, -0.1) is 11.6 Å². The minimum absolute atomic E-state index is 0.0713. The normalized spacial score (nSPS) is 13.7. The Labute approximate surface area is 90.0 Å². The lowest BCUT2D eigenvalue weighted by Crippen LogP contribution is -2.31. The quantitative estimate of drug-likeness (QED) is 0.756. The summed E-state index contributed by atoms with van der Waals surface area (Å²) in [7, 11) is 0. The van der Waals surface area contributed by atoms with Gasteiger partial charge in [-0.05, 0) is 13.0 Å². The molecule has 6 heteroatoms. The molecule has 0 spiro atoms. The summed E-state index contributed by atoms with van der Waals surface area (Å²) in [6, 6.07) is 4.51. The van der Waals surface area contributed by atoms with E-state index in [9.17, 15) is 13.2 Å². The fourth-order valence-corrected chi connectivity index (χ4v) is 0.994. The number of nitrogens with zero attached hydrogens (tertiary/aromatic N) is 1. The van der Waals surface area contributed by atoms with Gasteiger partial charge in [0.2, 0.25) is 5.88 Å². The van der Waals surface area contributed by atoms with Crippen LogP contribution in [-0.2, 0) is 5.88 Å². The van der Waals surface area contributed by atoms with Gasteiger partial charge in [0.1, 0.15) is 0 Å². The molecular formula is C9H9ClF3NO. The van der Waals surface area contributed by atoms with Gasteiger partial charge in [-0.1, -0.05) is 6.07 Å². The van der Waals surface area contributed by atoms with Gasteiger partial charge in [0.15, 0.2) is 6.10 Å². The van der Waals surface area contributed by atoms with Crippen LogP contribution in [-0.4, -0.2) is 17.3 Å². The van der Waals surface area contributed by atoms with Gasteiger partial charge < -0.3 is 4.74 Å². The van der Waals surface area contributed by atoms with Crippen LogP contribution in [0.1, 0.15) is 12.6 Å². The molecule has 0 radical (unpaired) electrons. The smallest absolute Gasteiger partial charge is 0.425 e. The standard InChI is InChI=1S/C9H9ClF3NO/c1-6(9(11,12)13)15-8-4-2-3-7(5-10)14-8/h2-4,6H,5H2,1H3. The molecule has 1 aromatic rings. The van der Waals surface area contributed by atoms with Crippen LogP contribution in [0.3, 0.4) is 0 Å². The summed E-state index contributed by atoms with van der Waals surface area (Å²) < 4.78 is 41.0. The maximum absolute atomic E-state index is 12.1. The first kappa shape index (κ1) is 12.1. The summed E-state index contributed by atoms with van der Waals surface area (Å²) in [5, 5.41) is 0. The van der Waals surface area contributed by atoms with Crippen molar-refractivity contribution in [1.29, 1.82) is 0 Å². The molecule has 0 aliphatic rings. The van der Waals surface area contributed by atoms with E-state index in [-0.39, 0.29) is 11.8 Å². The Kier molecular flexibility index (Phi) is 3.79. The molecule has 0 saturated carbocycles. The van der Waals surface area contributed by atoms with E-state index >= 15 is 0 Å². The number of ether oxygens (including phenoxy) is 1. The third-order valence-electron chi connectivity index (χ3n) is 1.68. The maximum atomic E-state index is 12.1. The summed E-state index contributed by atoms with van der Waals surface area (Å²) in [6.07, 6.45) is -6.27. The van der Waals surface area contributed by atoms with Crippen LogP contribution >= 0.6 is 11.6 Å². The Bertz CT molecular complexity index is 329. The van der Waals surface area contributed by atoms with Gasteiger partial charge in [0.05, 0.1) is 11.6 Å². The van der Waals surface area contributed by atoms with Gasteiger partial charge in [-0.2, -0.15) is 13.2 Å². The highest BCUT2D eigenvalue weighted by molar-refractivity contribution is 6.16. The average molecular weight is 240 g/mol. The van der Waals surface area contributed by atoms with Crippen molar-refractivity contribution in [3.05, 3.63) is 23.9 Å². The van der Waals surface area contributed by atoms with E-state index < -0.39 is 12.3 Å². The van der Waals surface area contributed by atoms with Crippen LogP contribution in [0.2, 0.25) is 0 Å². The summed E-state index contributed by atoms with van der Waals surface area (Å²) in [5.41, 5.74) is 0.476. The molecule has 0 amide bonds. The summed E-state index contributed by atoms with van der Waals surface area (Å²) in [4.78, 5) is 3.79. The fourth-order valence-electron chi connectivity index (χ4n) is 0.846. The van der Waals surface area contributed by atoms with Crippen molar-refractivity contribution in [3.8, 4) is 5.88 Å². The van der Waals surface area contributed by atoms with E-state index in [0.29, 0.717) is 5.69 Å². The van der Waals surface area contributed by atoms with E-state index in [2.05, 4.69) is 9.72 Å². The zero-order valence-corrected chi connectivity index (χ0v) is 8.64. The molecule has 0 fully saturated rings. The average Bonchev–Trinajstić information content (AvgIpc) is 2.16. The van der Waals surface area contributed by atoms with Gasteiger partial charge in [-0.3, -0.25) is 0 Å². The number of hydrogen-bond acceptors (Lipinski definition) is 2. The lowest BCUT2D eigenvalue weighted by molar-refractivity contribution is -0.190. The SMILES string of the molecule is CC(Oc1cccc(CCl)n1)C(F)(F)F. The molecule has 0 aliphatic carbocycles. The molecule has 0 saturated heterocycles. The zero-order valence-electron chi connectivity index (χ0n) is 7.88. The van der Waals surface area contributed by atoms with Crippen LogP contribution in [0.4, 0.5) is 13.2 Å². The fraction of sp³-hybridized carbons (Fsp3) is 0.444. The van der Waals surface area contributed by atoms with E-state index in [1.54, 1.807) is 12.1 Å². The predicted octanol–water partition coefficient (Wildman–Crippen LogP) is 3.15. The number of alkyl halides is 4. The number of aromatic nitrogens is 1. The third-order valence-corrected chi connectivity index (χ3v) is 1.95. The zero-order chi connectivity index (χ0) is 11.5. The Balaban J connectivity index is 2.72. The van der Waals surface area contributed by atoms with Crippen LogP contribution in [0.25, 0.3) is 0 Å². The van der Waals surface area contributed by atoms with Gasteiger partial charge in [0.25, 0.3) is 0 Å². The van der Waals surface area contributed by atoms with E-state index in [1.165, 1.54) is 6.07 Å². The topological polar surface area (TPSA) is 22.1 Å². The summed E-state index contributed by atoms with van der Waals surface area (Å²) in [5.74, 6) is 0.0652. The first-order valence-corrected chi connectivity index (χ1v) is 4.72. The van der Waals surface area contributed by atoms with Crippen LogP contribution in [0.15, 0.2) is 18.2 Å². The minimum Gasteiger partial charge on any atom is -0.465 e. The molecule has 0 bridgehead atoms. The first-order valence-electron chi connectivity index (χ1n) is 4.18. The second-order valence-electron chi connectivity index (χ2n) is 2.90. The molecule has 1 rings (SSSR count). The second kappa shape index (κ2) is 4.70. The monoisotopic (exact) mass is 239 g/mol. The van der Waals surface area contributed by atoms with Crippen LogP contribution in [0, 0.1) is 0 Å². The van der Waals surface area contributed by atoms with Crippen molar-refractivity contribution >= 4 is 11.6 Å². The van der Waals surface area contributed by atoms with Crippen molar-refractivity contribution in [2.75, 3.05) is 0 Å². The van der Waals surface area contributed by atoms with Crippen LogP contribution in [0.5, 0.6) is 5.88 Å². The second-order valence-corrected chi connectivity index (χ2v) is 3.17. The third kappa shape index (κ3) is 3.58. The molecule has 84 valence electrons. The molecular weight excluding hydrogens is 231 g/mol. The molecule has 0 N–H and O–H groups in total. The lowest BCUT2D eigenvalue weighted by atomic mass is 10.3. The van der Waals surface area contributed by atoms with Crippen molar-refractivity contribution in [1.82, 2.24) is 4.98 Å². The summed E-state index contributed by atoms with van der Waals surface area (Å²) >= 11 is 5.49. The predicted molar refractivity (Wildman–Crippen MR) is 49.9 cm³/mol.